The lowest BCUT2D eigenvalue weighted by molar-refractivity contribution is 0.139. The van der Waals surface area contributed by atoms with Gasteiger partial charge >= 0.3 is 0 Å². The molecule has 0 amide bonds. The lowest BCUT2D eigenvalue weighted by atomic mass is 10.0. The molecule has 102 valence electrons. The van der Waals surface area contributed by atoms with E-state index in [4.69, 9.17) is 0 Å². The average Bonchev–Trinajstić information content (AvgIpc) is 3.01. The van der Waals surface area contributed by atoms with E-state index in [-0.39, 0.29) is 0 Å². The molecule has 1 aliphatic rings. The molecule has 1 unspecified atom stereocenters. The smallest absolute Gasteiger partial charge is 0.0534 e. The predicted octanol–water partition coefficient (Wildman–Crippen LogP) is 2.58. The van der Waals surface area contributed by atoms with Gasteiger partial charge in [-0.25, -0.2) is 0 Å². The van der Waals surface area contributed by atoms with E-state index in [2.05, 4.69) is 46.0 Å². The van der Waals surface area contributed by atoms with Gasteiger partial charge in [-0.05, 0) is 18.6 Å². The molecular weight excluding hydrogens is 236 g/mol. The number of hydrogen-bond acceptors (Lipinski definition) is 2. The van der Waals surface area contributed by atoms with Crippen LogP contribution in [0.5, 0.6) is 0 Å². The van der Waals surface area contributed by atoms with Gasteiger partial charge in [-0.15, -0.1) is 0 Å². The van der Waals surface area contributed by atoms with E-state index in [1.165, 1.54) is 24.1 Å². The predicted molar refractivity (Wildman–Crippen MR) is 75.7 cm³/mol. The maximum atomic E-state index is 4.27. The Morgan fingerprint density at radius 3 is 3.00 bits per heavy atom. The van der Waals surface area contributed by atoms with Gasteiger partial charge in [0.05, 0.1) is 12.2 Å². The minimum absolute atomic E-state index is 0.550. The standard InChI is InChI=1S/C15H22N4/c1-3-5-14-15-6-4-7-18(15)8-9-19(14)12-13-10-16-17(2)11-13/h4,6-7,10-11,14H,3,5,8-9,12H2,1-2H3. The number of hydrogen-bond donors (Lipinski definition) is 0. The number of nitrogens with zero attached hydrogens (tertiary/aromatic N) is 4. The topological polar surface area (TPSA) is 26.0 Å². The van der Waals surface area contributed by atoms with Crippen LogP contribution in [-0.2, 0) is 20.1 Å². The molecule has 4 heteroatoms. The van der Waals surface area contributed by atoms with Crippen molar-refractivity contribution in [3.05, 3.63) is 42.0 Å². The zero-order valence-corrected chi connectivity index (χ0v) is 11.8. The Kier molecular flexibility index (Phi) is 3.42. The fourth-order valence-electron chi connectivity index (χ4n) is 3.09. The van der Waals surface area contributed by atoms with Gasteiger partial charge in [0.2, 0.25) is 0 Å². The fourth-order valence-corrected chi connectivity index (χ4v) is 3.09. The summed E-state index contributed by atoms with van der Waals surface area (Å²) in [5.74, 6) is 0. The first-order chi connectivity index (χ1) is 9.28. The largest absolute Gasteiger partial charge is 0.349 e. The van der Waals surface area contributed by atoms with E-state index in [1.54, 1.807) is 0 Å². The van der Waals surface area contributed by atoms with E-state index in [0.29, 0.717) is 6.04 Å². The maximum absolute atomic E-state index is 4.27. The molecular formula is C15H22N4. The third-order valence-corrected chi connectivity index (χ3v) is 3.98. The molecule has 2 aromatic heterocycles. The quantitative estimate of drug-likeness (QED) is 0.842. The third kappa shape index (κ3) is 2.45. The van der Waals surface area contributed by atoms with E-state index in [9.17, 15) is 0 Å². The first-order valence-corrected chi connectivity index (χ1v) is 7.14. The second kappa shape index (κ2) is 5.21. The summed E-state index contributed by atoms with van der Waals surface area (Å²) in [7, 11) is 1.98. The first kappa shape index (κ1) is 12.5. The molecule has 0 radical (unpaired) electrons. The third-order valence-electron chi connectivity index (χ3n) is 3.98. The minimum Gasteiger partial charge on any atom is -0.349 e. The lowest BCUT2D eigenvalue weighted by Gasteiger charge is -2.36. The second-order valence-corrected chi connectivity index (χ2v) is 5.42. The van der Waals surface area contributed by atoms with Gasteiger partial charge in [0, 0.05) is 50.3 Å². The zero-order chi connectivity index (χ0) is 13.2. The Balaban J connectivity index is 1.81. The van der Waals surface area contributed by atoms with Crippen LogP contribution >= 0.6 is 0 Å². The molecule has 0 saturated carbocycles. The molecule has 2 aromatic rings. The van der Waals surface area contributed by atoms with Crippen molar-refractivity contribution in [2.24, 2.45) is 7.05 Å². The highest BCUT2D eigenvalue weighted by molar-refractivity contribution is 5.15. The summed E-state index contributed by atoms with van der Waals surface area (Å²) in [5, 5.41) is 4.27. The summed E-state index contributed by atoms with van der Waals surface area (Å²) in [4.78, 5) is 2.59. The van der Waals surface area contributed by atoms with Crippen LogP contribution in [0.3, 0.4) is 0 Å². The lowest BCUT2D eigenvalue weighted by Crippen LogP contribution is -2.37. The number of aryl methyl sites for hydroxylation is 1. The highest BCUT2D eigenvalue weighted by Gasteiger charge is 2.26. The van der Waals surface area contributed by atoms with E-state index < -0.39 is 0 Å². The minimum atomic E-state index is 0.550. The van der Waals surface area contributed by atoms with Crippen molar-refractivity contribution in [1.29, 1.82) is 0 Å². The van der Waals surface area contributed by atoms with Crippen molar-refractivity contribution in [2.75, 3.05) is 6.54 Å². The van der Waals surface area contributed by atoms with Crippen LogP contribution in [0.1, 0.15) is 37.1 Å². The second-order valence-electron chi connectivity index (χ2n) is 5.42. The summed E-state index contributed by atoms with van der Waals surface area (Å²) < 4.78 is 4.29. The molecule has 19 heavy (non-hydrogen) atoms. The molecule has 3 rings (SSSR count). The first-order valence-electron chi connectivity index (χ1n) is 7.14. The summed E-state index contributed by atoms with van der Waals surface area (Å²) in [6.45, 7) is 5.50. The molecule has 0 fully saturated rings. The molecule has 1 aliphatic heterocycles. The molecule has 3 heterocycles. The average molecular weight is 258 g/mol. The van der Waals surface area contributed by atoms with Gasteiger partial charge in [0.15, 0.2) is 0 Å². The Labute approximate surface area is 114 Å². The normalized spacial score (nSPS) is 19.6. The molecule has 0 bridgehead atoms. The van der Waals surface area contributed by atoms with Crippen LogP contribution in [0, 0.1) is 0 Å². The number of fused-ring (bicyclic) bond motifs is 1. The van der Waals surface area contributed by atoms with E-state index >= 15 is 0 Å². The van der Waals surface area contributed by atoms with Gasteiger partial charge in [0.1, 0.15) is 0 Å². The Morgan fingerprint density at radius 2 is 2.26 bits per heavy atom. The maximum Gasteiger partial charge on any atom is 0.0534 e. The number of aromatic nitrogens is 3. The van der Waals surface area contributed by atoms with Crippen LogP contribution in [0.2, 0.25) is 0 Å². The zero-order valence-electron chi connectivity index (χ0n) is 11.8. The Hall–Kier alpha value is -1.55. The fraction of sp³-hybridized carbons (Fsp3) is 0.533. The summed E-state index contributed by atoms with van der Waals surface area (Å²) in [5.41, 5.74) is 2.78. The molecule has 0 aromatic carbocycles. The molecule has 0 N–H and O–H groups in total. The van der Waals surface area contributed by atoms with Crippen LogP contribution in [0.25, 0.3) is 0 Å². The van der Waals surface area contributed by atoms with E-state index in [1.807, 2.05) is 17.9 Å². The van der Waals surface area contributed by atoms with Crippen LogP contribution in [0.15, 0.2) is 30.7 Å². The molecule has 0 aliphatic carbocycles. The molecule has 0 saturated heterocycles. The highest BCUT2D eigenvalue weighted by atomic mass is 15.3. The monoisotopic (exact) mass is 258 g/mol. The summed E-state index contributed by atoms with van der Waals surface area (Å²) in [6.07, 6.45) is 8.76. The van der Waals surface area contributed by atoms with Gasteiger partial charge in [-0.1, -0.05) is 13.3 Å². The molecule has 4 nitrogen and oxygen atoms in total. The van der Waals surface area contributed by atoms with Crippen LogP contribution in [0.4, 0.5) is 0 Å². The SMILES string of the molecule is CCCC1c2cccn2CCN1Cc1cnn(C)c1. The highest BCUT2D eigenvalue weighted by Crippen LogP contribution is 2.31. The van der Waals surface area contributed by atoms with Gasteiger partial charge in [-0.2, -0.15) is 5.10 Å². The van der Waals surface area contributed by atoms with Gasteiger partial charge < -0.3 is 4.57 Å². The summed E-state index contributed by atoms with van der Waals surface area (Å²) in [6, 6.07) is 5.00. The van der Waals surface area contributed by atoms with E-state index in [0.717, 1.165) is 19.6 Å². The van der Waals surface area contributed by atoms with Crippen molar-refractivity contribution >= 4 is 0 Å². The Bertz CT molecular complexity index is 540. The van der Waals surface area contributed by atoms with Crippen molar-refractivity contribution in [2.45, 2.75) is 38.9 Å². The Morgan fingerprint density at radius 1 is 1.37 bits per heavy atom. The van der Waals surface area contributed by atoms with Gasteiger partial charge in [0.25, 0.3) is 0 Å². The van der Waals surface area contributed by atoms with Crippen molar-refractivity contribution in [3.8, 4) is 0 Å². The molecule has 1 atom stereocenters. The summed E-state index contributed by atoms with van der Waals surface area (Å²) >= 11 is 0. The van der Waals surface area contributed by atoms with Crippen molar-refractivity contribution < 1.29 is 0 Å². The van der Waals surface area contributed by atoms with Gasteiger partial charge in [-0.3, -0.25) is 9.58 Å². The van der Waals surface area contributed by atoms with Crippen LogP contribution in [-0.4, -0.2) is 25.8 Å². The van der Waals surface area contributed by atoms with Crippen molar-refractivity contribution in [1.82, 2.24) is 19.2 Å². The molecule has 0 spiro atoms. The van der Waals surface area contributed by atoms with Crippen LogP contribution < -0.4 is 0 Å². The number of rotatable bonds is 4. The van der Waals surface area contributed by atoms with Crippen molar-refractivity contribution in [3.63, 3.8) is 0 Å².